The Balaban J connectivity index is 2.44. The average Bonchev–Trinajstić information content (AvgIpc) is 2.39. The molecule has 0 bridgehead atoms. The molecular weight excluding hydrogens is 260 g/mol. The number of benzene rings is 1. The Bertz CT molecular complexity index is 681. The number of hydrogen-bond donors (Lipinski definition) is 1. The summed E-state index contributed by atoms with van der Waals surface area (Å²) in [6.07, 6.45) is 2.94. The maximum Gasteiger partial charge on any atom is 0.175 e. The van der Waals surface area contributed by atoms with E-state index in [9.17, 15) is 8.42 Å². The molecule has 19 heavy (non-hydrogen) atoms. The van der Waals surface area contributed by atoms with Crippen LogP contribution >= 0.6 is 0 Å². The third kappa shape index (κ3) is 3.39. The van der Waals surface area contributed by atoms with Crippen LogP contribution in [0.25, 0.3) is 11.3 Å². The number of sulfone groups is 1. The molecule has 1 aromatic heterocycles. The summed E-state index contributed by atoms with van der Waals surface area (Å²) in [5.74, 6) is 0. The Morgan fingerprint density at radius 2 is 2.00 bits per heavy atom. The van der Waals surface area contributed by atoms with Gasteiger partial charge in [0, 0.05) is 24.6 Å². The summed E-state index contributed by atoms with van der Waals surface area (Å²) in [5, 5.41) is 3.07. The van der Waals surface area contributed by atoms with Crippen molar-refractivity contribution in [2.45, 2.75) is 11.4 Å². The van der Waals surface area contributed by atoms with Gasteiger partial charge < -0.3 is 5.32 Å². The monoisotopic (exact) mass is 276 g/mol. The van der Waals surface area contributed by atoms with Crippen LogP contribution < -0.4 is 5.32 Å². The minimum absolute atomic E-state index is 0.311. The summed E-state index contributed by atoms with van der Waals surface area (Å²) < 4.78 is 23.1. The summed E-state index contributed by atoms with van der Waals surface area (Å²) in [5.41, 5.74) is 2.69. The van der Waals surface area contributed by atoms with E-state index in [-0.39, 0.29) is 0 Å². The molecule has 0 aliphatic carbocycles. The van der Waals surface area contributed by atoms with Crippen LogP contribution in [0.15, 0.2) is 47.5 Å². The molecule has 1 heterocycles. The van der Waals surface area contributed by atoms with Crippen molar-refractivity contribution < 1.29 is 8.42 Å². The van der Waals surface area contributed by atoms with Crippen LogP contribution in [0.4, 0.5) is 0 Å². The zero-order chi connectivity index (χ0) is 13.9. The predicted octanol–water partition coefficient (Wildman–Crippen LogP) is 1.87. The number of aromatic nitrogens is 1. The third-order valence-corrected chi connectivity index (χ3v) is 3.87. The molecule has 1 aromatic carbocycles. The molecule has 1 N–H and O–H groups in total. The molecule has 0 aliphatic heterocycles. The Kier molecular flexibility index (Phi) is 3.97. The molecular formula is C14H16N2O2S. The largest absolute Gasteiger partial charge is 0.316 e. The van der Waals surface area contributed by atoms with E-state index in [2.05, 4.69) is 10.3 Å². The lowest BCUT2D eigenvalue weighted by atomic mass is 10.1. The summed E-state index contributed by atoms with van der Waals surface area (Å²) >= 11 is 0. The molecule has 100 valence electrons. The van der Waals surface area contributed by atoms with Gasteiger partial charge in [-0.3, -0.25) is 4.98 Å². The van der Waals surface area contributed by atoms with Crippen molar-refractivity contribution in [3.8, 4) is 11.3 Å². The minimum atomic E-state index is -3.19. The van der Waals surface area contributed by atoms with Crippen LogP contribution in [0.5, 0.6) is 0 Å². The highest BCUT2D eigenvalue weighted by Crippen LogP contribution is 2.21. The first kappa shape index (κ1) is 13.7. The van der Waals surface area contributed by atoms with Crippen molar-refractivity contribution >= 4 is 9.84 Å². The number of rotatable bonds is 4. The van der Waals surface area contributed by atoms with Crippen LogP contribution in [0, 0.1) is 0 Å². The van der Waals surface area contributed by atoms with E-state index < -0.39 is 9.84 Å². The van der Waals surface area contributed by atoms with E-state index in [1.165, 1.54) is 6.26 Å². The molecule has 0 radical (unpaired) electrons. The van der Waals surface area contributed by atoms with Crippen molar-refractivity contribution in [3.05, 3.63) is 48.2 Å². The van der Waals surface area contributed by atoms with Crippen LogP contribution in [0.3, 0.4) is 0 Å². The fraction of sp³-hybridized carbons (Fsp3) is 0.214. The second kappa shape index (κ2) is 5.50. The highest BCUT2D eigenvalue weighted by Gasteiger charge is 2.09. The number of nitrogens with one attached hydrogen (secondary N) is 1. The van der Waals surface area contributed by atoms with Crippen LogP contribution in [0.1, 0.15) is 5.56 Å². The van der Waals surface area contributed by atoms with Gasteiger partial charge in [-0.25, -0.2) is 8.42 Å². The lowest BCUT2D eigenvalue weighted by Crippen LogP contribution is -2.05. The molecule has 0 saturated carbocycles. The number of nitrogens with zero attached hydrogens (tertiary/aromatic N) is 1. The van der Waals surface area contributed by atoms with Crippen molar-refractivity contribution in [1.82, 2.24) is 10.3 Å². The molecule has 0 unspecified atom stereocenters. The normalized spacial score (nSPS) is 11.5. The Morgan fingerprint density at radius 3 is 2.68 bits per heavy atom. The second-order valence-corrected chi connectivity index (χ2v) is 6.40. The first-order valence-corrected chi connectivity index (χ1v) is 7.80. The smallest absolute Gasteiger partial charge is 0.175 e. The first-order valence-electron chi connectivity index (χ1n) is 5.91. The maximum absolute atomic E-state index is 11.6. The number of hydrogen-bond acceptors (Lipinski definition) is 4. The third-order valence-electron chi connectivity index (χ3n) is 2.76. The van der Waals surface area contributed by atoms with Crippen LogP contribution in [0.2, 0.25) is 0 Å². The van der Waals surface area contributed by atoms with Gasteiger partial charge in [0.05, 0.1) is 10.6 Å². The van der Waals surface area contributed by atoms with E-state index in [4.69, 9.17) is 0 Å². The van der Waals surface area contributed by atoms with Crippen molar-refractivity contribution in [1.29, 1.82) is 0 Å². The van der Waals surface area contributed by atoms with E-state index >= 15 is 0 Å². The molecule has 0 aliphatic rings. The second-order valence-electron chi connectivity index (χ2n) is 4.38. The van der Waals surface area contributed by atoms with Crippen molar-refractivity contribution in [2.75, 3.05) is 13.3 Å². The van der Waals surface area contributed by atoms with Gasteiger partial charge in [0.15, 0.2) is 9.84 Å². The zero-order valence-electron chi connectivity index (χ0n) is 10.9. The molecule has 4 nitrogen and oxygen atoms in total. The average molecular weight is 276 g/mol. The van der Waals surface area contributed by atoms with E-state index in [1.807, 2.05) is 25.2 Å². The van der Waals surface area contributed by atoms with Gasteiger partial charge in [-0.1, -0.05) is 12.1 Å². The standard InChI is InChI=1S/C14H16N2O2S/c1-15-10-11-6-7-16-14(8-11)12-4-3-5-13(9-12)19(2,17)18/h3-9,15H,10H2,1-2H3. The van der Waals surface area contributed by atoms with Gasteiger partial charge in [0.25, 0.3) is 0 Å². The Morgan fingerprint density at radius 1 is 1.21 bits per heavy atom. The summed E-state index contributed by atoms with van der Waals surface area (Å²) in [6, 6.07) is 10.7. The molecule has 0 saturated heterocycles. The maximum atomic E-state index is 11.6. The van der Waals surface area contributed by atoms with Crippen molar-refractivity contribution in [3.63, 3.8) is 0 Å². The van der Waals surface area contributed by atoms with E-state index in [0.29, 0.717) is 4.90 Å². The molecule has 2 aromatic rings. The van der Waals surface area contributed by atoms with Gasteiger partial charge >= 0.3 is 0 Å². The highest BCUT2D eigenvalue weighted by molar-refractivity contribution is 7.90. The molecule has 2 rings (SSSR count). The van der Waals surface area contributed by atoms with E-state index in [1.54, 1.807) is 24.4 Å². The first-order chi connectivity index (χ1) is 9.00. The predicted molar refractivity (Wildman–Crippen MR) is 75.5 cm³/mol. The summed E-state index contributed by atoms with van der Waals surface area (Å²) in [7, 11) is -1.31. The molecule has 0 atom stereocenters. The molecule has 5 heteroatoms. The number of pyridine rings is 1. The Hall–Kier alpha value is -1.72. The quantitative estimate of drug-likeness (QED) is 0.926. The molecule has 0 fully saturated rings. The zero-order valence-corrected chi connectivity index (χ0v) is 11.7. The topological polar surface area (TPSA) is 59.1 Å². The van der Waals surface area contributed by atoms with Crippen molar-refractivity contribution in [2.24, 2.45) is 0 Å². The fourth-order valence-corrected chi connectivity index (χ4v) is 2.50. The summed E-state index contributed by atoms with van der Waals surface area (Å²) in [4.78, 5) is 4.60. The van der Waals surface area contributed by atoms with Gasteiger partial charge in [-0.05, 0) is 36.9 Å². The van der Waals surface area contributed by atoms with E-state index in [0.717, 1.165) is 23.4 Å². The van der Waals surface area contributed by atoms with Gasteiger partial charge in [0.2, 0.25) is 0 Å². The highest BCUT2D eigenvalue weighted by atomic mass is 32.2. The van der Waals surface area contributed by atoms with Gasteiger partial charge in [-0.15, -0.1) is 0 Å². The minimum Gasteiger partial charge on any atom is -0.316 e. The molecule has 0 spiro atoms. The van der Waals surface area contributed by atoms with Gasteiger partial charge in [-0.2, -0.15) is 0 Å². The summed E-state index contributed by atoms with van der Waals surface area (Å²) in [6.45, 7) is 0.751. The Labute approximate surface area is 113 Å². The lowest BCUT2D eigenvalue weighted by Gasteiger charge is -2.06. The molecule has 0 amide bonds. The lowest BCUT2D eigenvalue weighted by molar-refractivity contribution is 0.602. The van der Waals surface area contributed by atoms with Crippen LogP contribution in [-0.2, 0) is 16.4 Å². The van der Waals surface area contributed by atoms with Crippen LogP contribution in [-0.4, -0.2) is 26.7 Å². The van der Waals surface area contributed by atoms with Gasteiger partial charge in [0.1, 0.15) is 0 Å². The SMILES string of the molecule is CNCc1ccnc(-c2cccc(S(C)(=O)=O)c2)c1. The fourth-order valence-electron chi connectivity index (χ4n) is 1.83.